The summed E-state index contributed by atoms with van der Waals surface area (Å²) in [6.45, 7) is 7.56. The lowest BCUT2D eigenvalue weighted by Crippen LogP contribution is -2.53. The van der Waals surface area contributed by atoms with Gasteiger partial charge in [0.1, 0.15) is 5.25 Å². The van der Waals surface area contributed by atoms with Gasteiger partial charge in [0.05, 0.1) is 10.6 Å². The van der Waals surface area contributed by atoms with Crippen LogP contribution in [0.5, 0.6) is 0 Å². The SMILES string of the molecule is CCCS(=O)(=O)C(C)C(=O)N1CCN(S(=O)(=O)c2cc(C)sc2C)CC1. The third-order valence-electron chi connectivity index (χ3n) is 4.54. The van der Waals surface area contributed by atoms with Gasteiger partial charge in [0.15, 0.2) is 9.84 Å². The largest absolute Gasteiger partial charge is 0.339 e. The summed E-state index contributed by atoms with van der Waals surface area (Å²) >= 11 is 1.44. The van der Waals surface area contributed by atoms with Crippen LogP contribution >= 0.6 is 11.3 Å². The molecule has 0 bridgehead atoms. The topological polar surface area (TPSA) is 91.8 Å². The number of amides is 1. The first-order valence-corrected chi connectivity index (χ1v) is 12.6. The minimum absolute atomic E-state index is 0.0228. The summed E-state index contributed by atoms with van der Waals surface area (Å²) in [5.41, 5.74) is 0. The number of aryl methyl sites for hydroxylation is 2. The van der Waals surface area contributed by atoms with Gasteiger partial charge in [-0.15, -0.1) is 11.3 Å². The van der Waals surface area contributed by atoms with E-state index in [1.807, 2.05) is 6.92 Å². The number of hydrogen-bond acceptors (Lipinski definition) is 6. The van der Waals surface area contributed by atoms with Crippen LogP contribution < -0.4 is 0 Å². The maximum Gasteiger partial charge on any atom is 0.244 e. The van der Waals surface area contributed by atoms with Crippen molar-refractivity contribution in [2.45, 2.75) is 44.3 Å². The number of thiophene rings is 1. The van der Waals surface area contributed by atoms with Crippen LogP contribution in [0.1, 0.15) is 30.0 Å². The van der Waals surface area contributed by atoms with Crippen molar-refractivity contribution in [2.75, 3.05) is 31.9 Å². The molecule has 1 amide bonds. The molecule has 1 aliphatic rings. The van der Waals surface area contributed by atoms with E-state index in [2.05, 4.69) is 0 Å². The lowest BCUT2D eigenvalue weighted by Gasteiger charge is -2.35. The quantitative estimate of drug-likeness (QED) is 0.691. The molecule has 0 N–H and O–H groups in total. The molecule has 0 aliphatic carbocycles. The molecule has 1 aromatic heterocycles. The van der Waals surface area contributed by atoms with Gasteiger partial charge in [-0.25, -0.2) is 16.8 Å². The number of piperazine rings is 1. The Bertz CT molecular complexity index is 866. The number of carbonyl (C=O) groups is 1. The van der Waals surface area contributed by atoms with Gasteiger partial charge in [-0.3, -0.25) is 4.79 Å². The van der Waals surface area contributed by atoms with Crippen LogP contribution in [0.4, 0.5) is 0 Å². The van der Waals surface area contributed by atoms with Gasteiger partial charge in [-0.05, 0) is 33.3 Å². The first kappa shape index (κ1) is 21.3. The normalized spacial score (nSPS) is 18.1. The minimum atomic E-state index is -3.59. The molecule has 0 radical (unpaired) electrons. The Morgan fingerprint density at radius 1 is 1.15 bits per heavy atom. The van der Waals surface area contributed by atoms with Crippen molar-refractivity contribution in [3.05, 3.63) is 15.8 Å². The maximum atomic E-state index is 12.8. The van der Waals surface area contributed by atoms with Crippen LogP contribution in [0, 0.1) is 13.8 Å². The highest BCUT2D eigenvalue weighted by Gasteiger charge is 2.35. The lowest BCUT2D eigenvalue weighted by molar-refractivity contribution is -0.131. The summed E-state index contributed by atoms with van der Waals surface area (Å²) in [6, 6.07) is 1.67. The molecule has 1 fully saturated rings. The molecule has 0 spiro atoms. The van der Waals surface area contributed by atoms with Crippen molar-refractivity contribution in [2.24, 2.45) is 0 Å². The molecule has 1 atom stereocenters. The van der Waals surface area contributed by atoms with Crippen molar-refractivity contribution in [1.82, 2.24) is 9.21 Å². The number of sulfonamides is 1. The summed E-state index contributed by atoms with van der Waals surface area (Å²) in [5.74, 6) is -0.469. The van der Waals surface area contributed by atoms with E-state index in [4.69, 9.17) is 0 Å². The fourth-order valence-corrected chi connectivity index (χ4v) is 7.35. The molecule has 1 aliphatic heterocycles. The zero-order chi connectivity index (χ0) is 19.7. The van der Waals surface area contributed by atoms with Gasteiger partial charge < -0.3 is 4.90 Å². The van der Waals surface area contributed by atoms with Crippen molar-refractivity contribution >= 4 is 37.1 Å². The van der Waals surface area contributed by atoms with Crippen LogP contribution in [0.25, 0.3) is 0 Å². The third-order valence-corrected chi connectivity index (χ3v) is 9.91. The Labute approximate surface area is 160 Å². The van der Waals surface area contributed by atoms with Gasteiger partial charge in [0, 0.05) is 35.9 Å². The van der Waals surface area contributed by atoms with E-state index in [0.29, 0.717) is 11.3 Å². The number of rotatable bonds is 6. The van der Waals surface area contributed by atoms with Crippen molar-refractivity contribution < 1.29 is 21.6 Å². The summed E-state index contributed by atoms with van der Waals surface area (Å²) < 4.78 is 51.2. The summed E-state index contributed by atoms with van der Waals surface area (Å²) in [5, 5.41) is -1.09. The molecule has 1 saturated heterocycles. The highest BCUT2D eigenvalue weighted by Crippen LogP contribution is 2.28. The van der Waals surface area contributed by atoms with Crippen LogP contribution in [-0.4, -0.2) is 69.1 Å². The number of hydrogen-bond donors (Lipinski definition) is 0. The van der Waals surface area contributed by atoms with E-state index in [0.717, 1.165) is 9.75 Å². The van der Waals surface area contributed by atoms with Gasteiger partial charge in [0.2, 0.25) is 15.9 Å². The Morgan fingerprint density at radius 2 is 1.73 bits per heavy atom. The molecule has 0 saturated carbocycles. The van der Waals surface area contributed by atoms with Gasteiger partial charge in [-0.2, -0.15) is 4.31 Å². The molecule has 2 heterocycles. The average Bonchev–Trinajstić information content (AvgIpc) is 2.92. The van der Waals surface area contributed by atoms with E-state index in [-0.39, 0.29) is 31.9 Å². The Morgan fingerprint density at radius 3 is 2.19 bits per heavy atom. The predicted molar refractivity (Wildman–Crippen MR) is 103 cm³/mol. The molecule has 7 nitrogen and oxygen atoms in total. The average molecular weight is 423 g/mol. The first-order chi connectivity index (χ1) is 12.0. The number of nitrogens with zero attached hydrogens (tertiary/aromatic N) is 2. The molecular weight excluding hydrogens is 396 g/mol. The first-order valence-electron chi connectivity index (χ1n) is 8.58. The Hall–Kier alpha value is -0.970. The standard InChI is InChI=1S/C16H26N2O5S3/c1-5-10-25(20,21)14(4)16(19)17-6-8-18(9-7-17)26(22,23)15-11-12(2)24-13(15)3/h11,14H,5-10H2,1-4H3. The zero-order valence-corrected chi connectivity index (χ0v) is 18.0. The van der Waals surface area contributed by atoms with Crippen molar-refractivity contribution in [3.8, 4) is 0 Å². The minimum Gasteiger partial charge on any atom is -0.339 e. The third kappa shape index (κ3) is 4.29. The lowest BCUT2D eigenvalue weighted by atomic mass is 10.3. The second-order valence-corrected chi connectivity index (χ2v) is 12.3. The molecule has 26 heavy (non-hydrogen) atoms. The number of sulfone groups is 1. The fraction of sp³-hybridized carbons (Fsp3) is 0.688. The second kappa shape index (κ2) is 7.95. The van der Waals surface area contributed by atoms with E-state index < -0.39 is 31.0 Å². The summed E-state index contributed by atoms with van der Waals surface area (Å²) in [6.07, 6.45) is 0.464. The van der Waals surface area contributed by atoms with Crippen LogP contribution in [0.3, 0.4) is 0 Å². The zero-order valence-electron chi connectivity index (χ0n) is 15.6. The van der Waals surface area contributed by atoms with Crippen molar-refractivity contribution in [1.29, 1.82) is 0 Å². The fourth-order valence-electron chi connectivity index (χ4n) is 3.02. The molecule has 1 aromatic rings. The molecule has 1 unspecified atom stereocenters. The van der Waals surface area contributed by atoms with Gasteiger partial charge in [0.25, 0.3) is 0 Å². The molecule has 148 valence electrons. The molecule has 2 rings (SSSR count). The predicted octanol–water partition coefficient (Wildman–Crippen LogP) is 1.41. The molecular formula is C16H26N2O5S3. The monoisotopic (exact) mass is 422 g/mol. The van der Waals surface area contributed by atoms with Gasteiger partial charge in [-0.1, -0.05) is 6.92 Å². The van der Waals surface area contributed by atoms with E-state index in [1.54, 1.807) is 19.9 Å². The van der Waals surface area contributed by atoms with E-state index in [1.165, 1.54) is 27.5 Å². The van der Waals surface area contributed by atoms with Crippen LogP contribution in [-0.2, 0) is 24.7 Å². The van der Waals surface area contributed by atoms with E-state index in [9.17, 15) is 21.6 Å². The number of carbonyl (C=O) groups excluding carboxylic acids is 1. The van der Waals surface area contributed by atoms with Crippen molar-refractivity contribution in [3.63, 3.8) is 0 Å². The summed E-state index contributed by atoms with van der Waals surface area (Å²) in [7, 11) is -7.06. The van der Waals surface area contributed by atoms with E-state index >= 15 is 0 Å². The highest BCUT2D eigenvalue weighted by molar-refractivity contribution is 7.92. The second-order valence-electron chi connectivity index (χ2n) is 6.52. The molecule has 10 heteroatoms. The van der Waals surface area contributed by atoms with Crippen LogP contribution in [0.15, 0.2) is 11.0 Å². The smallest absolute Gasteiger partial charge is 0.244 e. The van der Waals surface area contributed by atoms with Crippen LogP contribution in [0.2, 0.25) is 0 Å². The summed E-state index contributed by atoms with van der Waals surface area (Å²) in [4.78, 5) is 15.9. The molecule has 0 aromatic carbocycles. The van der Waals surface area contributed by atoms with Gasteiger partial charge >= 0.3 is 0 Å². The Kier molecular flexibility index (Phi) is 6.53. The Balaban J connectivity index is 2.07. The highest BCUT2D eigenvalue weighted by atomic mass is 32.2. The maximum absolute atomic E-state index is 12.8.